The number of benzene rings is 1. The molecule has 1 rings (SSSR count). The number of amidine groups is 1. The minimum atomic E-state index is 0.0762. The van der Waals surface area contributed by atoms with Crippen LogP contribution < -0.4 is 5.73 Å². The van der Waals surface area contributed by atoms with Crippen LogP contribution in [0.2, 0.25) is 5.02 Å². The summed E-state index contributed by atoms with van der Waals surface area (Å²) in [5, 5.41) is 7.74. The molecule has 0 aliphatic rings. The Hall–Kier alpha value is -0.670. The number of nitrogens with one attached hydrogen (secondary N) is 1. The van der Waals surface area contributed by atoms with Crippen LogP contribution in [-0.4, -0.2) is 5.17 Å². The van der Waals surface area contributed by atoms with Gasteiger partial charge in [-0.05, 0) is 18.2 Å². The lowest BCUT2D eigenvalue weighted by molar-refractivity contribution is 1.46. The minimum Gasteiger partial charge on any atom is -0.378 e. The topological polar surface area (TPSA) is 49.9 Å². The van der Waals surface area contributed by atoms with Gasteiger partial charge >= 0.3 is 0 Å². The largest absolute Gasteiger partial charge is 0.378 e. The highest BCUT2D eigenvalue weighted by Crippen LogP contribution is 2.20. The van der Waals surface area contributed by atoms with Gasteiger partial charge in [0.25, 0.3) is 0 Å². The van der Waals surface area contributed by atoms with Crippen LogP contribution in [0.1, 0.15) is 0 Å². The van der Waals surface area contributed by atoms with Gasteiger partial charge in [0, 0.05) is 9.92 Å². The van der Waals surface area contributed by atoms with Crippen LogP contribution in [0.25, 0.3) is 0 Å². The summed E-state index contributed by atoms with van der Waals surface area (Å²) in [5.41, 5.74) is 5.18. The second-order valence-electron chi connectivity index (χ2n) is 1.92. The van der Waals surface area contributed by atoms with Crippen molar-refractivity contribution in [3.63, 3.8) is 0 Å². The molecule has 0 spiro atoms. The molecule has 0 bridgehead atoms. The zero-order chi connectivity index (χ0) is 8.27. The van der Waals surface area contributed by atoms with Crippen molar-refractivity contribution in [2.75, 3.05) is 0 Å². The van der Waals surface area contributed by atoms with E-state index in [-0.39, 0.29) is 5.17 Å². The Morgan fingerprint density at radius 1 is 1.55 bits per heavy atom. The summed E-state index contributed by atoms with van der Waals surface area (Å²) in [4.78, 5) is 0.894. The van der Waals surface area contributed by atoms with Crippen molar-refractivity contribution >= 4 is 28.5 Å². The minimum absolute atomic E-state index is 0.0762. The molecule has 2 nitrogen and oxygen atoms in total. The van der Waals surface area contributed by atoms with Crippen LogP contribution in [0.3, 0.4) is 0 Å². The summed E-state index contributed by atoms with van der Waals surface area (Å²) >= 11 is 6.89. The van der Waals surface area contributed by atoms with Gasteiger partial charge in [-0.2, -0.15) is 0 Å². The molecule has 0 saturated heterocycles. The van der Waals surface area contributed by atoms with E-state index in [1.165, 1.54) is 11.8 Å². The molecular formula is C7H7ClN2S. The molecule has 0 aromatic heterocycles. The van der Waals surface area contributed by atoms with Gasteiger partial charge < -0.3 is 5.73 Å². The third-order valence-corrected chi connectivity index (χ3v) is 1.97. The number of rotatable bonds is 1. The Morgan fingerprint density at radius 3 is 2.82 bits per heavy atom. The van der Waals surface area contributed by atoms with Gasteiger partial charge in [0.1, 0.15) is 0 Å². The molecule has 0 fully saturated rings. The second-order valence-corrected chi connectivity index (χ2v) is 3.48. The molecule has 0 aliphatic carbocycles. The fraction of sp³-hybridized carbons (Fsp3) is 0. The molecule has 1 aromatic carbocycles. The molecule has 0 heterocycles. The van der Waals surface area contributed by atoms with Crippen molar-refractivity contribution in [3.8, 4) is 0 Å². The normalized spacial score (nSPS) is 9.55. The number of thioether (sulfide) groups is 1. The van der Waals surface area contributed by atoms with Crippen molar-refractivity contribution in [1.29, 1.82) is 5.41 Å². The van der Waals surface area contributed by atoms with Crippen molar-refractivity contribution in [3.05, 3.63) is 29.3 Å². The van der Waals surface area contributed by atoms with E-state index in [1.54, 1.807) is 12.1 Å². The molecule has 1 aromatic rings. The lowest BCUT2D eigenvalue weighted by Crippen LogP contribution is -2.02. The zero-order valence-electron chi connectivity index (χ0n) is 5.67. The van der Waals surface area contributed by atoms with Crippen molar-refractivity contribution in [2.45, 2.75) is 4.90 Å². The van der Waals surface area contributed by atoms with E-state index in [4.69, 9.17) is 22.7 Å². The van der Waals surface area contributed by atoms with Crippen LogP contribution >= 0.6 is 23.4 Å². The molecule has 4 heteroatoms. The van der Waals surface area contributed by atoms with Crippen molar-refractivity contribution in [2.24, 2.45) is 5.73 Å². The summed E-state index contributed by atoms with van der Waals surface area (Å²) in [7, 11) is 0. The van der Waals surface area contributed by atoms with Gasteiger partial charge in [-0.1, -0.05) is 29.4 Å². The smallest absolute Gasteiger partial charge is 0.155 e. The monoisotopic (exact) mass is 186 g/mol. The molecule has 0 amide bonds. The summed E-state index contributed by atoms with van der Waals surface area (Å²) in [6.07, 6.45) is 0. The maximum absolute atomic E-state index is 7.00. The zero-order valence-corrected chi connectivity index (χ0v) is 7.25. The van der Waals surface area contributed by atoms with E-state index in [9.17, 15) is 0 Å². The van der Waals surface area contributed by atoms with Crippen LogP contribution in [0.5, 0.6) is 0 Å². The fourth-order valence-electron chi connectivity index (χ4n) is 0.657. The molecule has 58 valence electrons. The molecule has 3 N–H and O–H groups in total. The van der Waals surface area contributed by atoms with Gasteiger partial charge in [0.15, 0.2) is 5.17 Å². The summed E-state index contributed by atoms with van der Waals surface area (Å²) in [6, 6.07) is 7.24. The Morgan fingerprint density at radius 2 is 2.27 bits per heavy atom. The van der Waals surface area contributed by atoms with Crippen LogP contribution in [0, 0.1) is 5.41 Å². The highest BCUT2D eigenvalue weighted by Gasteiger charge is 1.95. The number of halogens is 1. The Kier molecular flexibility index (Phi) is 2.79. The van der Waals surface area contributed by atoms with Crippen LogP contribution in [0.4, 0.5) is 0 Å². The SMILES string of the molecule is N=C(N)Sc1cccc(Cl)c1. The molecule has 11 heavy (non-hydrogen) atoms. The predicted octanol–water partition coefficient (Wildman–Crippen LogP) is 2.33. The third-order valence-electron chi connectivity index (χ3n) is 1.02. The fourth-order valence-corrected chi connectivity index (χ4v) is 1.50. The quantitative estimate of drug-likeness (QED) is 0.402. The molecule has 0 unspecified atom stereocenters. The van der Waals surface area contributed by atoms with Crippen LogP contribution in [0.15, 0.2) is 29.2 Å². The lowest BCUT2D eigenvalue weighted by Gasteiger charge is -1.97. The lowest BCUT2D eigenvalue weighted by atomic mass is 10.4. The number of hydrogen-bond donors (Lipinski definition) is 2. The van der Waals surface area contributed by atoms with Gasteiger partial charge in [-0.25, -0.2) is 0 Å². The summed E-state index contributed by atoms with van der Waals surface area (Å²) in [6.45, 7) is 0. The molecule has 0 aliphatic heterocycles. The van der Waals surface area contributed by atoms with E-state index in [2.05, 4.69) is 0 Å². The molecule has 0 radical (unpaired) electrons. The molecular weight excluding hydrogens is 180 g/mol. The summed E-state index contributed by atoms with van der Waals surface area (Å²) in [5.74, 6) is 0. The first-order valence-electron chi connectivity index (χ1n) is 2.96. The number of hydrogen-bond acceptors (Lipinski definition) is 2. The van der Waals surface area contributed by atoms with E-state index in [0.717, 1.165) is 4.90 Å². The van der Waals surface area contributed by atoms with E-state index < -0.39 is 0 Å². The van der Waals surface area contributed by atoms with E-state index in [0.29, 0.717) is 5.02 Å². The van der Waals surface area contributed by atoms with Crippen molar-refractivity contribution < 1.29 is 0 Å². The van der Waals surface area contributed by atoms with Gasteiger partial charge in [-0.3, -0.25) is 5.41 Å². The van der Waals surface area contributed by atoms with E-state index in [1.807, 2.05) is 12.1 Å². The average molecular weight is 187 g/mol. The average Bonchev–Trinajstić information content (AvgIpc) is 1.85. The first kappa shape index (κ1) is 8.43. The van der Waals surface area contributed by atoms with Crippen LogP contribution in [-0.2, 0) is 0 Å². The third kappa shape index (κ3) is 2.82. The van der Waals surface area contributed by atoms with Gasteiger partial charge in [-0.15, -0.1) is 0 Å². The Balaban J connectivity index is 2.79. The Bertz CT molecular complexity index is 275. The van der Waals surface area contributed by atoms with Crippen molar-refractivity contribution in [1.82, 2.24) is 0 Å². The first-order chi connectivity index (χ1) is 5.18. The maximum Gasteiger partial charge on any atom is 0.155 e. The Labute approximate surface area is 74.2 Å². The second kappa shape index (κ2) is 3.64. The predicted molar refractivity (Wildman–Crippen MR) is 49.2 cm³/mol. The molecule has 0 atom stereocenters. The highest BCUT2D eigenvalue weighted by molar-refractivity contribution is 8.13. The van der Waals surface area contributed by atoms with E-state index >= 15 is 0 Å². The number of nitrogens with two attached hydrogens (primary N) is 1. The molecule has 0 saturated carbocycles. The maximum atomic E-state index is 7.00. The van der Waals surface area contributed by atoms with Gasteiger partial charge in [0.2, 0.25) is 0 Å². The highest BCUT2D eigenvalue weighted by atomic mass is 35.5. The standard InChI is InChI=1S/C7H7ClN2S/c8-5-2-1-3-6(4-5)11-7(9)10/h1-4H,(H3,9,10). The van der Waals surface area contributed by atoms with Gasteiger partial charge in [0.05, 0.1) is 0 Å². The summed E-state index contributed by atoms with van der Waals surface area (Å²) < 4.78 is 0. The first-order valence-corrected chi connectivity index (χ1v) is 4.15.